The highest BCUT2D eigenvalue weighted by atomic mass is 35.5. The molecule has 0 aromatic heterocycles. The predicted octanol–water partition coefficient (Wildman–Crippen LogP) is -1.55. The second-order valence-electron chi connectivity index (χ2n) is 6.52. The van der Waals surface area contributed by atoms with Gasteiger partial charge in [0.2, 0.25) is 29.5 Å². The molecule has 1 saturated heterocycles. The Morgan fingerprint density at radius 1 is 0.781 bits per heavy atom. The first kappa shape index (κ1) is 30.3. The summed E-state index contributed by atoms with van der Waals surface area (Å²) in [5, 5.41) is 7.96. The molecule has 0 saturated carbocycles. The molecule has 5 amide bonds. The molecule has 1 heterocycles. The van der Waals surface area contributed by atoms with E-state index in [9.17, 15) is 24.0 Å². The average Bonchev–Trinajstić information content (AvgIpc) is 3.11. The van der Waals surface area contributed by atoms with Crippen LogP contribution in [0.4, 0.5) is 0 Å². The van der Waals surface area contributed by atoms with Crippen molar-refractivity contribution in [2.24, 2.45) is 5.73 Å². The van der Waals surface area contributed by atoms with E-state index in [1.54, 1.807) is 0 Å². The minimum absolute atomic E-state index is 0.0858. The molecule has 0 bridgehead atoms. The van der Waals surface area contributed by atoms with Gasteiger partial charge in [0.25, 0.3) is 0 Å². The van der Waals surface area contributed by atoms with Crippen molar-refractivity contribution in [2.75, 3.05) is 70.0 Å². The van der Waals surface area contributed by atoms with Crippen molar-refractivity contribution in [2.45, 2.75) is 12.8 Å². The fourth-order valence-electron chi connectivity index (χ4n) is 2.54. The molecule has 0 aromatic rings. The molecule has 1 aliphatic rings. The number of nitrogens with one attached hydrogen (secondary N) is 3. The Morgan fingerprint density at radius 2 is 1.12 bits per heavy atom. The Bertz CT molecular complexity index is 558. The van der Waals surface area contributed by atoms with Gasteiger partial charge in [0, 0.05) is 65.2 Å². The molecular weight excluding hydrogens is 487 g/mol. The number of carbonyl (C=O) groups is 5. The van der Waals surface area contributed by atoms with E-state index in [1.165, 1.54) is 4.90 Å². The molecule has 32 heavy (non-hydrogen) atoms. The van der Waals surface area contributed by atoms with Crippen molar-refractivity contribution < 1.29 is 24.0 Å². The fourth-order valence-corrected chi connectivity index (χ4v) is 2.82. The van der Waals surface area contributed by atoms with Crippen LogP contribution in [0.25, 0.3) is 0 Å². The molecule has 0 aromatic carbocycles. The third-order valence-electron chi connectivity index (χ3n) is 4.12. The monoisotopic (exact) mass is 516 g/mol. The van der Waals surface area contributed by atoms with Crippen LogP contribution in [0, 0.1) is 0 Å². The highest BCUT2D eigenvalue weighted by Gasteiger charge is 2.27. The van der Waals surface area contributed by atoms with E-state index in [0.29, 0.717) is 65.2 Å². The van der Waals surface area contributed by atoms with Crippen molar-refractivity contribution >= 4 is 64.3 Å². The lowest BCUT2D eigenvalue weighted by Crippen LogP contribution is -2.43. The lowest BCUT2D eigenvalue weighted by molar-refractivity contribution is -0.138. The fraction of sp³-hybridized carbons (Fsp3) is 0.722. The highest BCUT2D eigenvalue weighted by molar-refractivity contribution is 6.27. The molecule has 0 unspecified atom stereocenters. The number of carbonyl (C=O) groups excluding carboxylic acids is 5. The van der Waals surface area contributed by atoms with Gasteiger partial charge >= 0.3 is 0 Å². The first-order valence-electron chi connectivity index (χ1n) is 10.0. The third kappa shape index (κ3) is 14.4. The number of imide groups is 1. The zero-order chi connectivity index (χ0) is 24.4. The Labute approximate surface area is 202 Å². The Kier molecular flexibility index (Phi) is 17.9. The largest absolute Gasteiger partial charge is 0.354 e. The summed E-state index contributed by atoms with van der Waals surface area (Å²) in [6, 6.07) is 0. The summed E-state index contributed by atoms with van der Waals surface area (Å²) in [5.74, 6) is -1.16. The summed E-state index contributed by atoms with van der Waals surface area (Å²) >= 11 is 16.2. The molecule has 0 aliphatic carbocycles. The number of alkyl halides is 3. The Morgan fingerprint density at radius 3 is 1.41 bits per heavy atom. The van der Waals surface area contributed by atoms with Crippen molar-refractivity contribution in [3.8, 4) is 0 Å². The van der Waals surface area contributed by atoms with Crippen molar-refractivity contribution in [1.29, 1.82) is 0 Å². The quantitative estimate of drug-likeness (QED) is 0.161. The molecule has 14 heteroatoms. The van der Waals surface area contributed by atoms with Gasteiger partial charge < -0.3 is 21.7 Å². The van der Waals surface area contributed by atoms with Gasteiger partial charge in [0.05, 0.1) is 0 Å². The van der Waals surface area contributed by atoms with E-state index in [0.717, 1.165) is 0 Å². The molecule has 1 fully saturated rings. The predicted molar refractivity (Wildman–Crippen MR) is 123 cm³/mol. The number of nitrogens with zero attached hydrogens (tertiary/aromatic N) is 2. The number of halogens is 3. The van der Waals surface area contributed by atoms with E-state index in [-0.39, 0.29) is 47.2 Å². The zero-order valence-corrected chi connectivity index (χ0v) is 20.1. The van der Waals surface area contributed by atoms with E-state index in [4.69, 9.17) is 40.5 Å². The van der Waals surface area contributed by atoms with Gasteiger partial charge in [-0.2, -0.15) is 0 Å². The molecular formula is C18H31Cl3N6O5. The number of hydrogen-bond donors (Lipinski definition) is 4. The lowest BCUT2D eigenvalue weighted by Gasteiger charge is -2.22. The van der Waals surface area contributed by atoms with Crippen LogP contribution < -0.4 is 21.7 Å². The summed E-state index contributed by atoms with van der Waals surface area (Å²) in [6.45, 7) is 3.72. The lowest BCUT2D eigenvalue weighted by atomic mass is 10.4. The van der Waals surface area contributed by atoms with Crippen LogP contribution in [-0.2, 0) is 24.0 Å². The maximum Gasteiger partial charge on any atom is 0.234 e. The SMILES string of the molecule is NCCN1C(=O)CCC1=O.O=C(CCl)NCCN(CCNC(=O)CCl)CCNC(=O)CCl. The Hall–Kier alpha value is -1.66. The summed E-state index contributed by atoms with van der Waals surface area (Å²) in [4.78, 5) is 58.1. The molecule has 0 radical (unpaired) electrons. The number of rotatable bonds is 14. The normalized spacial score (nSPS) is 13.0. The molecule has 5 N–H and O–H groups in total. The molecule has 11 nitrogen and oxygen atoms in total. The van der Waals surface area contributed by atoms with Crippen LogP contribution in [0.1, 0.15) is 12.8 Å². The molecule has 184 valence electrons. The van der Waals surface area contributed by atoms with Gasteiger partial charge in [-0.3, -0.25) is 33.8 Å². The van der Waals surface area contributed by atoms with E-state index >= 15 is 0 Å². The minimum Gasteiger partial charge on any atom is -0.354 e. The summed E-state index contributed by atoms with van der Waals surface area (Å²) in [6.07, 6.45) is 0.720. The van der Waals surface area contributed by atoms with Crippen LogP contribution in [0.15, 0.2) is 0 Å². The maximum absolute atomic E-state index is 11.1. The van der Waals surface area contributed by atoms with E-state index in [1.807, 2.05) is 4.90 Å². The minimum atomic E-state index is -0.243. The van der Waals surface area contributed by atoms with Gasteiger partial charge in [0.15, 0.2) is 0 Å². The maximum atomic E-state index is 11.1. The molecule has 0 spiro atoms. The Balaban J connectivity index is 0.000000792. The van der Waals surface area contributed by atoms with E-state index < -0.39 is 0 Å². The average molecular weight is 518 g/mol. The number of amides is 5. The van der Waals surface area contributed by atoms with Crippen LogP contribution in [0.3, 0.4) is 0 Å². The first-order chi connectivity index (χ1) is 15.3. The molecule has 0 atom stereocenters. The number of nitrogens with two attached hydrogens (primary N) is 1. The number of hydrogen-bond acceptors (Lipinski definition) is 7. The molecule has 1 rings (SSSR count). The summed E-state index contributed by atoms with van der Waals surface area (Å²) in [7, 11) is 0. The van der Waals surface area contributed by atoms with Crippen LogP contribution in [0.2, 0.25) is 0 Å². The first-order valence-corrected chi connectivity index (χ1v) is 11.6. The van der Waals surface area contributed by atoms with Crippen LogP contribution >= 0.6 is 34.8 Å². The number of likely N-dealkylation sites (tertiary alicyclic amines) is 1. The van der Waals surface area contributed by atoms with Gasteiger partial charge in [-0.05, 0) is 0 Å². The molecule has 1 aliphatic heterocycles. The van der Waals surface area contributed by atoms with Crippen LogP contribution in [-0.4, -0.2) is 109 Å². The third-order valence-corrected chi connectivity index (χ3v) is 4.85. The van der Waals surface area contributed by atoms with Crippen molar-refractivity contribution in [3.63, 3.8) is 0 Å². The summed E-state index contributed by atoms with van der Waals surface area (Å²) < 4.78 is 0. The van der Waals surface area contributed by atoms with Gasteiger partial charge in [-0.1, -0.05) is 0 Å². The van der Waals surface area contributed by atoms with Gasteiger partial charge in [0.1, 0.15) is 17.6 Å². The topological polar surface area (TPSA) is 154 Å². The smallest absolute Gasteiger partial charge is 0.234 e. The van der Waals surface area contributed by atoms with Crippen molar-refractivity contribution in [3.05, 3.63) is 0 Å². The van der Waals surface area contributed by atoms with Crippen molar-refractivity contribution in [1.82, 2.24) is 25.8 Å². The van der Waals surface area contributed by atoms with Crippen LogP contribution in [0.5, 0.6) is 0 Å². The second kappa shape index (κ2) is 18.9. The second-order valence-corrected chi connectivity index (χ2v) is 7.32. The summed E-state index contributed by atoms with van der Waals surface area (Å²) in [5.41, 5.74) is 5.19. The highest BCUT2D eigenvalue weighted by Crippen LogP contribution is 2.09. The van der Waals surface area contributed by atoms with Gasteiger partial charge in [-0.15, -0.1) is 34.8 Å². The zero-order valence-electron chi connectivity index (χ0n) is 17.8. The van der Waals surface area contributed by atoms with E-state index in [2.05, 4.69) is 16.0 Å². The van der Waals surface area contributed by atoms with Gasteiger partial charge in [-0.25, -0.2) is 0 Å². The standard InChI is InChI=1S/C12H21Cl3N4O3.C6H10N2O2/c13-7-10(20)16-1-4-19(5-2-17-11(21)8-14)6-3-18-12(22)9-15;7-3-4-8-5(9)1-2-6(8)10/h1-9H2,(H,16,20)(H,17,21)(H,18,22);1-4,7H2.